The average Bonchev–Trinajstić information content (AvgIpc) is 2.49. The molecule has 3 N–H and O–H groups in total. The highest BCUT2D eigenvalue weighted by Gasteiger charge is 2.18. The van der Waals surface area contributed by atoms with Gasteiger partial charge in [0.15, 0.2) is 0 Å². The van der Waals surface area contributed by atoms with Gasteiger partial charge in [-0.1, -0.05) is 11.6 Å². The summed E-state index contributed by atoms with van der Waals surface area (Å²) in [5.74, 6) is -3.21. The number of carboxylic acids is 2. The van der Waals surface area contributed by atoms with Gasteiger partial charge in [-0.05, 0) is 24.3 Å². The molecule has 0 fully saturated rings. The molecule has 1 heterocycles. The smallest absolute Gasteiger partial charge is 0.338 e. The van der Waals surface area contributed by atoms with E-state index in [0.29, 0.717) is 0 Å². The summed E-state index contributed by atoms with van der Waals surface area (Å²) in [5.41, 5.74) is -0.377. The molecule has 22 heavy (non-hydrogen) atoms. The van der Waals surface area contributed by atoms with E-state index >= 15 is 0 Å². The summed E-state index contributed by atoms with van der Waals surface area (Å²) >= 11 is 5.90. The molecular weight excluding hydrogens is 312 g/mol. The van der Waals surface area contributed by atoms with Crippen molar-refractivity contribution in [2.24, 2.45) is 0 Å². The molecule has 0 atom stereocenters. The van der Waals surface area contributed by atoms with Crippen molar-refractivity contribution in [1.29, 1.82) is 0 Å². The number of pyridine rings is 1. The first-order chi connectivity index (χ1) is 10.4. The molecule has 0 radical (unpaired) electrons. The highest BCUT2D eigenvalue weighted by atomic mass is 35.5. The Bertz CT molecular complexity index is 776. The van der Waals surface area contributed by atoms with E-state index in [2.05, 4.69) is 10.3 Å². The number of hydrogen-bond acceptors (Lipinski definition) is 4. The predicted molar refractivity (Wildman–Crippen MR) is 77.6 cm³/mol. The molecule has 0 spiro atoms. The van der Waals surface area contributed by atoms with Crippen molar-refractivity contribution in [2.75, 3.05) is 5.32 Å². The van der Waals surface area contributed by atoms with Gasteiger partial charge in [0.2, 0.25) is 0 Å². The molecule has 0 aliphatic rings. The topological polar surface area (TPSA) is 117 Å². The third kappa shape index (κ3) is 3.21. The Morgan fingerprint density at radius 1 is 1.05 bits per heavy atom. The molecule has 1 aromatic heterocycles. The number of nitrogens with zero attached hydrogens (tertiary/aromatic N) is 1. The van der Waals surface area contributed by atoms with Gasteiger partial charge in [0, 0.05) is 12.4 Å². The van der Waals surface area contributed by atoms with Crippen LogP contribution >= 0.6 is 11.6 Å². The number of carboxylic acid groups (broad SMARTS) is 2. The first-order valence-corrected chi connectivity index (χ1v) is 6.29. The summed E-state index contributed by atoms with van der Waals surface area (Å²) in [6.07, 6.45) is 2.32. The molecule has 2 rings (SSSR count). The van der Waals surface area contributed by atoms with Gasteiger partial charge in [0.1, 0.15) is 0 Å². The zero-order valence-corrected chi connectivity index (χ0v) is 11.7. The molecule has 8 heteroatoms. The standard InChI is InChI=1S/C14H9ClN2O5/c15-10-2-1-7(13(19)20)5-11(10)17-12(18)8-3-4-16-6-9(8)14(21)22/h1-6H,(H,17,18)(H,19,20)(H,21,22). The molecule has 1 amide bonds. The molecule has 0 unspecified atom stereocenters. The molecule has 0 aliphatic heterocycles. The summed E-state index contributed by atoms with van der Waals surface area (Å²) in [5, 5.41) is 20.5. The van der Waals surface area contributed by atoms with Gasteiger partial charge in [-0.25, -0.2) is 9.59 Å². The van der Waals surface area contributed by atoms with Crippen LogP contribution in [0.4, 0.5) is 5.69 Å². The zero-order valence-electron chi connectivity index (χ0n) is 10.9. The van der Waals surface area contributed by atoms with Crippen LogP contribution in [0.15, 0.2) is 36.7 Å². The van der Waals surface area contributed by atoms with Gasteiger partial charge in [-0.15, -0.1) is 0 Å². The number of benzene rings is 1. The number of hydrogen-bond donors (Lipinski definition) is 3. The lowest BCUT2D eigenvalue weighted by Gasteiger charge is -2.09. The van der Waals surface area contributed by atoms with Crippen LogP contribution in [0, 0.1) is 0 Å². The number of aromatic carboxylic acids is 2. The fraction of sp³-hybridized carbons (Fsp3) is 0. The number of rotatable bonds is 4. The summed E-state index contributed by atoms with van der Waals surface area (Å²) in [6, 6.07) is 5.04. The molecular formula is C14H9ClN2O5. The number of halogens is 1. The Labute approximate surface area is 129 Å². The first kappa shape index (κ1) is 15.5. The van der Waals surface area contributed by atoms with Crippen LogP contribution in [0.25, 0.3) is 0 Å². The van der Waals surface area contributed by atoms with Crippen LogP contribution in [0.3, 0.4) is 0 Å². The normalized spacial score (nSPS) is 10.0. The number of aromatic nitrogens is 1. The molecule has 0 aliphatic carbocycles. The average molecular weight is 321 g/mol. The third-order valence-electron chi connectivity index (χ3n) is 2.76. The van der Waals surface area contributed by atoms with Crippen LogP contribution in [0.2, 0.25) is 5.02 Å². The van der Waals surface area contributed by atoms with E-state index in [0.717, 1.165) is 6.20 Å². The van der Waals surface area contributed by atoms with Crippen molar-refractivity contribution in [2.45, 2.75) is 0 Å². The van der Waals surface area contributed by atoms with E-state index in [-0.39, 0.29) is 27.4 Å². The van der Waals surface area contributed by atoms with Gasteiger partial charge in [0.05, 0.1) is 27.4 Å². The minimum atomic E-state index is -1.30. The molecule has 2 aromatic rings. The van der Waals surface area contributed by atoms with E-state index in [1.165, 1.54) is 30.5 Å². The number of carbonyl (C=O) groups is 3. The van der Waals surface area contributed by atoms with Crippen LogP contribution in [-0.4, -0.2) is 33.0 Å². The maximum Gasteiger partial charge on any atom is 0.338 e. The number of anilines is 1. The van der Waals surface area contributed by atoms with E-state index in [9.17, 15) is 14.4 Å². The highest BCUT2D eigenvalue weighted by Crippen LogP contribution is 2.24. The van der Waals surface area contributed by atoms with Gasteiger partial charge in [-0.2, -0.15) is 0 Å². The number of nitrogens with one attached hydrogen (secondary N) is 1. The Kier molecular flexibility index (Phi) is 4.38. The molecule has 112 valence electrons. The van der Waals surface area contributed by atoms with E-state index < -0.39 is 17.8 Å². The van der Waals surface area contributed by atoms with E-state index in [1.54, 1.807) is 0 Å². The third-order valence-corrected chi connectivity index (χ3v) is 3.09. The number of amides is 1. The van der Waals surface area contributed by atoms with E-state index in [4.69, 9.17) is 21.8 Å². The van der Waals surface area contributed by atoms with Crippen molar-refractivity contribution in [3.63, 3.8) is 0 Å². The Morgan fingerprint density at radius 3 is 2.41 bits per heavy atom. The second-order valence-electron chi connectivity index (χ2n) is 4.18. The lowest BCUT2D eigenvalue weighted by molar-refractivity contribution is 0.0684. The maximum atomic E-state index is 12.2. The molecule has 7 nitrogen and oxygen atoms in total. The van der Waals surface area contributed by atoms with E-state index in [1.807, 2.05) is 0 Å². The lowest BCUT2D eigenvalue weighted by atomic mass is 10.1. The Morgan fingerprint density at radius 2 is 1.77 bits per heavy atom. The second-order valence-corrected chi connectivity index (χ2v) is 4.59. The minimum Gasteiger partial charge on any atom is -0.478 e. The van der Waals surface area contributed by atoms with Gasteiger partial charge in [0.25, 0.3) is 5.91 Å². The SMILES string of the molecule is O=C(O)c1ccc(Cl)c(NC(=O)c2ccncc2C(=O)O)c1. The molecule has 1 aromatic carbocycles. The summed E-state index contributed by atoms with van der Waals surface area (Å²) in [7, 11) is 0. The first-order valence-electron chi connectivity index (χ1n) is 5.91. The molecule has 0 saturated heterocycles. The molecule has 0 saturated carbocycles. The van der Waals surface area contributed by atoms with Crippen molar-refractivity contribution in [1.82, 2.24) is 4.98 Å². The highest BCUT2D eigenvalue weighted by molar-refractivity contribution is 6.34. The fourth-order valence-corrected chi connectivity index (χ4v) is 1.87. The summed E-state index contributed by atoms with van der Waals surface area (Å²) in [6.45, 7) is 0. The monoisotopic (exact) mass is 320 g/mol. The Balaban J connectivity index is 2.36. The fourth-order valence-electron chi connectivity index (χ4n) is 1.71. The summed E-state index contributed by atoms with van der Waals surface area (Å²) in [4.78, 5) is 37.8. The zero-order chi connectivity index (χ0) is 16.3. The van der Waals surface area contributed by atoms with Gasteiger partial charge >= 0.3 is 11.9 Å². The minimum absolute atomic E-state index is 0.0621. The van der Waals surface area contributed by atoms with Crippen LogP contribution in [0.1, 0.15) is 31.1 Å². The van der Waals surface area contributed by atoms with Crippen LogP contribution < -0.4 is 5.32 Å². The van der Waals surface area contributed by atoms with Gasteiger partial charge in [-0.3, -0.25) is 9.78 Å². The Hall–Kier alpha value is -2.93. The van der Waals surface area contributed by atoms with Crippen molar-refractivity contribution >= 4 is 35.1 Å². The van der Waals surface area contributed by atoms with Crippen molar-refractivity contribution in [3.8, 4) is 0 Å². The van der Waals surface area contributed by atoms with Gasteiger partial charge < -0.3 is 15.5 Å². The molecule has 0 bridgehead atoms. The summed E-state index contributed by atoms with van der Waals surface area (Å²) < 4.78 is 0. The second kappa shape index (κ2) is 6.23. The largest absolute Gasteiger partial charge is 0.478 e. The lowest BCUT2D eigenvalue weighted by Crippen LogP contribution is -2.17. The number of carbonyl (C=O) groups excluding carboxylic acids is 1. The van der Waals surface area contributed by atoms with Crippen molar-refractivity contribution < 1.29 is 24.6 Å². The maximum absolute atomic E-state index is 12.2. The van der Waals surface area contributed by atoms with Crippen LogP contribution in [-0.2, 0) is 0 Å². The quantitative estimate of drug-likeness (QED) is 0.796. The predicted octanol–water partition coefficient (Wildman–Crippen LogP) is 2.38. The van der Waals surface area contributed by atoms with Crippen molar-refractivity contribution in [3.05, 3.63) is 58.4 Å². The van der Waals surface area contributed by atoms with Crippen LogP contribution in [0.5, 0.6) is 0 Å².